The highest BCUT2D eigenvalue weighted by Crippen LogP contribution is 2.58. The van der Waals surface area contributed by atoms with Crippen molar-refractivity contribution in [2.24, 2.45) is 17.8 Å². The summed E-state index contributed by atoms with van der Waals surface area (Å²) < 4.78 is 17.7. The smallest absolute Gasteiger partial charge is 0.166 e. The monoisotopic (exact) mass is 283 g/mol. The molecular formula is C15H25NO4. The van der Waals surface area contributed by atoms with Crippen LogP contribution in [-0.4, -0.2) is 61.0 Å². The van der Waals surface area contributed by atoms with Crippen LogP contribution in [0.15, 0.2) is 0 Å². The average molecular weight is 283 g/mol. The van der Waals surface area contributed by atoms with E-state index in [1.54, 1.807) is 7.11 Å². The Bertz CT molecular complexity index is 386. The first-order valence-corrected chi connectivity index (χ1v) is 7.92. The Morgan fingerprint density at radius 2 is 2.10 bits per heavy atom. The first-order chi connectivity index (χ1) is 9.65. The van der Waals surface area contributed by atoms with Gasteiger partial charge in [0.1, 0.15) is 5.60 Å². The van der Waals surface area contributed by atoms with Gasteiger partial charge in [0.05, 0.1) is 6.10 Å². The van der Waals surface area contributed by atoms with Crippen LogP contribution in [0.2, 0.25) is 0 Å². The summed E-state index contributed by atoms with van der Waals surface area (Å²) in [5, 5.41) is 10.7. The molecule has 4 bridgehead atoms. The molecular weight excluding hydrogens is 258 g/mol. The molecule has 1 aliphatic carbocycles. The van der Waals surface area contributed by atoms with E-state index in [1.165, 1.54) is 12.8 Å². The molecule has 7 atom stereocenters. The fourth-order valence-electron chi connectivity index (χ4n) is 4.95. The molecule has 5 heteroatoms. The van der Waals surface area contributed by atoms with Gasteiger partial charge < -0.3 is 24.2 Å². The van der Waals surface area contributed by atoms with Crippen molar-refractivity contribution in [2.75, 3.05) is 26.7 Å². The van der Waals surface area contributed by atoms with Crippen molar-refractivity contribution < 1.29 is 19.3 Å². The first-order valence-electron chi connectivity index (χ1n) is 7.92. The third kappa shape index (κ3) is 1.67. The zero-order valence-corrected chi connectivity index (χ0v) is 12.3. The van der Waals surface area contributed by atoms with Crippen molar-refractivity contribution in [1.82, 2.24) is 4.90 Å². The number of ether oxygens (including phenoxy) is 3. The van der Waals surface area contributed by atoms with Crippen molar-refractivity contribution in [1.29, 1.82) is 0 Å². The van der Waals surface area contributed by atoms with E-state index >= 15 is 0 Å². The number of hydrogen-bond acceptors (Lipinski definition) is 5. The normalized spacial score (nSPS) is 54.8. The fraction of sp³-hybridized carbons (Fsp3) is 1.00. The second-order valence-electron chi connectivity index (χ2n) is 6.96. The predicted molar refractivity (Wildman–Crippen MR) is 71.9 cm³/mol. The van der Waals surface area contributed by atoms with E-state index in [9.17, 15) is 5.11 Å². The Labute approximate surface area is 120 Å². The molecule has 5 nitrogen and oxygen atoms in total. The molecule has 5 fully saturated rings. The SMILES string of the molecule is COC1OC2OC3(CN4CCCC4)C1C(C[C@H]3O)C2C. The summed E-state index contributed by atoms with van der Waals surface area (Å²) in [7, 11) is 1.70. The Balaban J connectivity index is 1.66. The number of rotatable bonds is 3. The molecule has 5 aliphatic rings. The minimum Gasteiger partial charge on any atom is -0.390 e. The molecule has 6 unspecified atom stereocenters. The summed E-state index contributed by atoms with van der Waals surface area (Å²) in [6.45, 7) is 5.23. The number of likely N-dealkylation sites (tertiary alicyclic amines) is 1. The lowest BCUT2D eigenvalue weighted by Crippen LogP contribution is -2.67. The average Bonchev–Trinajstić information content (AvgIpc) is 3.02. The van der Waals surface area contributed by atoms with Gasteiger partial charge in [0.15, 0.2) is 12.6 Å². The Kier molecular flexibility index (Phi) is 3.13. The van der Waals surface area contributed by atoms with Crippen LogP contribution in [0, 0.1) is 17.8 Å². The lowest BCUT2D eigenvalue weighted by atomic mass is 9.73. The van der Waals surface area contributed by atoms with Crippen molar-refractivity contribution >= 4 is 0 Å². The largest absolute Gasteiger partial charge is 0.390 e. The molecule has 5 rings (SSSR count). The molecule has 0 amide bonds. The molecule has 4 saturated heterocycles. The Morgan fingerprint density at radius 3 is 2.80 bits per heavy atom. The van der Waals surface area contributed by atoms with E-state index in [1.807, 2.05) is 0 Å². The maximum Gasteiger partial charge on any atom is 0.166 e. The number of aliphatic hydroxyl groups is 1. The van der Waals surface area contributed by atoms with E-state index in [0.717, 1.165) is 26.1 Å². The van der Waals surface area contributed by atoms with Crippen LogP contribution < -0.4 is 0 Å². The van der Waals surface area contributed by atoms with Crippen LogP contribution in [0.4, 0.5) is 0 Å². The van der Waals surface area contributed by atoms with E-state index in [2.05, 4.69) is 11.8 Å². The van der Waals surface area contributed by atoms with Gasteiger partial charge in [-0.25, -0.2) is 0 Å². The summed E-state index contributed by atoms with van der Waals surface area (Å²) in [5.74, 6) is 0.948. The van der Waals surface area contributed by atoms with Crippen molar-refractivity contribution in [3.05, 3.63) is 0 Å². The molecule has 1 N–H and O–H groups in total. The second-order valence-corrected chi connectivity index (χ2v) is 6.96. The predicted octanol–water partition coefficient (Wildman–Crippen LogP) is 0.813. The Morgan fingerprint density at radius 1 is 1.35 bits per heavy atom. The molecule has 1 saturated carbocycles. The Hall–Kier alpha value is -0.200. The van der Waals surface area contributed by atoms with E-state index in [0.29, 0.717) is 11.8 Å². The second kappa shape index (κ2) is 4.65. The molecule has 0 aromatic heterocycles. The maximum atomic E-state index is 10.7. The van der Waals surface area contributed by atoms with E-state index in [4.69, 9.17) is 14.2 Å². The zero-order valence-electron chi connectivity index (χ0n) is 12.3. The number of aliphatic hydroxyl groups excluding tert-OH is 1. The van der Waals surface area contributed by atoms with Crippen LogP contribution in [0.3, 0.4) is 0 Å². The van der Waals surface area contributed by atoms with E-state index < -0.39 is 11.7 Å². The number of nitrogens with zero attached hydrogens (tertiary/aromatic N) is 1. The number of fused-ring (bicyclic) bond motifs is 1. The quantitative estimate of drug-likeness (QED) is 0.831. The number of methoxy groups -OCH3 is 1. The van der Waals surface area contributed by atoms with E-state index in [-0.39, 0.29) is 18.5 Å². The van der Waals surface area contributed by atoms with Gasteiger partial charge in [-0.3, -0.25) is 0 Å². The van der Waals surface area contributed by atoms with Crippen LogP contribution in [0.5, 0.6) is 0 Å². The van der Waals surface area contributed by atoms with Gasteiger partial charge in [-0.05, 0) is 38.3 Å². The van der Waals surface area contributed by atoms with Gasteiger partial charge in [0, 0.05) is 25.5 Å². The molecule has 114 valence electrons. The summed E-state index contributed by atoms with van der Waals surface area (Å²) in [4.78, 5) is 2.43. The van der Waals surface area contributed by atoms with Crippen molar-refractivity contribution in [3.63, 3.8) is 0 Å². The van der Waals surface area contributed by atoms with Crippen LogP contribution in [0.1, 0.15) is 26.2 Å². The highest BCUT2D eigenvalue weighted by Gasteiger charge is 2.69. The maximum absolute atomic E-state index is 10.7. The highest BCUT2D eigenvalue weighted by molar-refractivity contribution is 5.14. The topological polar surface area (TPSA) is 51.2 Å². The molecule has 0 spiro atoms. The van der Waals surface area contributed by atoms with Gasteiger partial charge in [-0.15, -0.1) is 0 Å². The molecule has 0 aromatic rings. The third-order valence-corrected chi connectivity index (χ3v) is 5.99. The first kappa shape index (κ1) is 13.5. The van der Waals surface area contributed by atoms with Gasteiger partial charge >= 0.3 is 0 Å². The minimum absolute atomic E-state index is 0.156. The summed E-state index contributed by atoms with van der Waals surface area (Å²) in [5.41, 5.74) is -0.481. The van der Waals surface area contributed by atoms with Gasteiger partial charge in [-0.1, -0.05) is 6.92 Å². The molecule has 0 aromatic carbocycles. The molecule has 20 heavy (non-hydrogen) atoms. The minimum atomic E-state index is -0.481. The molecule has 4 aliphatic heterocycles. The van der Waals surface area contributed by atoms with Crippen LogP contribution >= 0.6 is 0 Å². The standard InChI is InChI=1S/C15H25NO4/c1-9-10-7-11(17)15(8-16-5-3-4-6-16)12(10)14(18-2)19-13(9)20-15/h9-14,17H,3-8H2,1-2H3/t9?,10?,11-,12?,13?,14?,15?/m1/s1. The molecule has 0 radical (unpaired) electrons. The van der Waals surface area contributed by atoms with Crippen LogP contribution in [0.25, 0.3) is 0 Å². The lowest BCUT2D eigenvalue weighted by molar-refractivity contribution is -0.410. The van der Waals surface area contributed by atoms with Crippen molar-refractivity contribution in [2.45, 2.75) is 50.5 Å². The summed E-state index contributed by atoms with van der Waals surface area (Å²) >= 11 is 0. The highest BCUT2D eigenvalue weighted by atomic mass is 16.8. The molecule has 4 heterocycles. The van der Waals surface area contributed by atoms with Gasteiger partial charge in [-0.2, -0.15) is 0 Å². The van der Waals surface area contributed by atoms with Gasteiger partial charge in [0.2, 0.25) is 0 Å². The summed E-state index contributed by atoms with van der Waals surface area (Å²) in [6.07, 6.45) is 2.48. The van der Waals surface area contributed by atoms with Gasteiger partial charge in [0.25, 0.3) is 0 Å². The lowest BCUT2D eigenvalue weighted by Gasteiger charge is -2.56. The third-order valence-electron chi connectivity index (χ3n) is 5.99. The summed E-state index contributed by atoms with van der Waals surface area (Å²) in [6, 6.07) is 0. The fourth-order valence-corrected chi connectivity index (χ4v) is 4.95. The number of hydrogen-bond donors (Lipinski definition) is 1. The van der Waals surface area contributed by atoms with Crippen molar-refractivity contribution in [3.8, 4) is 0 Å². The zero-order chi connectivity index (χ0) is 13.9. The van der Waals surface area contributed by atoms with Crippen LogP contribution in [-0.2, 0) is 14.2 Å².